The lowest BCUT2D eigenvalue weighted by Crippen LogP contribution is -2.51. The number of carbonyl (C=O) groups excluding carboxylic acids is 2. The molecular weight excluding hydrogens is 366 g/mol. The Morgan fingerprint density at radius 3 is 2.58 bits per heavy atom. The standard InChI is InChI=1S/C17H17ClF2N4O2/c18-13-3-1-12(2-4-13)9-22-7-8-23(11-16(22)25)17(26)14-5-6-24(21-14)10-15(19)20/h1-6,15H,7-11H2. The van der Waals surface area contributed by atoms with E-state index in [9.17, 15) is 18.4 Å². The molecule has 1 aromatic heterocycles. The molecule has 2 amide bonds. The van der Waals surface area contributed by atoms with Gasteiger partial charge in [-0.3, -0.25) is 14.3 Å². The van der Waals surface area contributed by atoms with E-state index in [1.807, 2.05) is 12.1 Å². The predicted octanol–water partition coefficient (Wildman–Crippen LogP) is 2.29. The van der Waals surface area contributed by atoms with E-state index in [-0.39, 0.29) is 18.1 Å². The summed E-state index contributed by atoms with van der Waals surface area (Å²) in [7, 11) is 0. The second-order valence-corrected chi connectivity index (χ2v) is 6.42. The Labute approximate surface area is 153 Å². The van der Waals surface area contributed by atoms with Crippen LogP contribution in [0.4, 0.5) is 8.78 Å². The minimum Gasteiger partial charge on any atom is -0.335 e. The van der Waals surface area contributed by atoms with Gasteiger partial charge in [0.15, 0.2) is 0 Å². The van der Waals surface area contributed by atoms with Crippen LogP contribution in [0.25, 0.3) is 0 Å². The Morgan fingerprint density at radius 2 is 1.92 bits per heavy atom. The Hall–Kier alpha value is -2.48. The van der Waals surface area contributed by atoms with Crippen molar-refractivity contribution in [3.8, 4) is 0 Å². The van der Waals surface area contributed by atoms with Crippen molar-refractivity contribution in [2.24, 2.45) is 0 Å². The minimum atomic E-state index is -2.55. The molecule has 0 bridgehead atoms. The van der Waals surface area contributed by atoms with Gasteiger partial charge in [0.2, 0.25) is 5.91 Å². The van der Waals surface area contributed by atoms with Crippen molar-refractivity contribution < 1.29 is 18.4 Å². The summed E-state index contributed by atoms with van der Waals surface area (Å²) in [5.74, 6) is -0.607. The second-order valence-electron chi connectivity index (χ2n) is 5.98. The molecule has 138 valence electrons. The van der Waals surface area contributed by atoms with E-state index >= 15 is 0 Å². The monoisotopic (exact) mass is 382 g/mol. The highest BCUT2D eigenvalue weighted by atomic mass is 35.5. The van der Waals surface area contributed by atoms with Gasteiger partial charge in [0.05, 0.1) is 0 Å². The second kappa shape index (κ2) is 7.82. The molecule has 1 aliphatic heterocycles. The van der Waals surface area contributed by atoms with Crippen molar-refractivity contribution in [3.63, 3.8) is 0 Å². The number of carbonyl (C=O) groups is 2. The molecule has 6 nitrogen and oxygen atoms in total. The molecule has 0 aliphatic carbocycles. The number of hydrogen-bond acceptors (Lipinski definition) is 3. The number of alkyl halides is 2. The van der Waals surface area contributed by atoms with Crippen molar-refractivity contribution in [2.75, 3.05) is 19.6 Å². The van der Waals surface area contributed by atoms with Gasteiger partial charge in [0.25, 0.3) is 12.3 Å². The van der Waals surface area contributed by atoms with Crippen molar-refractivity contribution in [2.45, 2.75) is 19.5 Å². The van der Waals surface area contributed by atoms with Gasteiger partial charge in [-0.2, -0.15) is 5.10 Å². The zero-order valence-corrected chi connectivity index (χ0v) is 14.6. The van der Waals surface area contributed by atoms with Crippen LogP contribution < -0.4 is 0 Å². The lowest BCUT2D eigenvalue weighted by molar-refractivity contribution is -0.135. The molecule has 0 atom stereocenters. The summed E-state index contributed by atoms with van der Waals surface area (Å²) in [6.07, 6.45) is -1.21. The zero-order chi connectivity index (χ0) is 18.7. The molecule has 3 rings (SSSR count). The van der Waals surface area contributed by atoms with Crippen molar-refractivity contribution >= 4 is 23.4 Å². The van der Waals surface area contributed by atoms with Gasteiger partial charge >= 0.3 is 0 Å². The summed E-state index contributed by atoms with van der Waals surface area (Å²) in [6.45, 7) is 0.571. The van der Waals surface area contributed by atoms with Gasteiger partial charge in [-0.1, -0.05) is 23.7 Å². The molecule has 1 aliphatic rings. The first-order valence-corrected chi connectivity index (χ1v) is 8.43. The molecule has 0 radical (unpaired) electrons. The molecule has 0 unspecified atom stereocenters. The Balaban J connectivity index is 1.59. The number of rotatable bonds is 5. The molecule has 2 heterocycles. The van der Waals surface area contributed by atoms with Crippen LogP contribution >= 0.6 is 11.6 Å². The van der Waals surface area contributed by atoms with E-state index in [1.54, 1.807) is 17.0 Å². The topological polar surface area (TPSA) is 58.4 Å². The third-order valence-electron chi connectivity index (χ3n) is 4.08. The molecule has 0 spiro atoms. The molecule has 9 heteroatoms. The van der Waals surface area contributed by atoms with Crippen molar-refractivity contribution in [3.05, 3.63) is 52.8 Å². The van der Waals surface area contributed by atoms with E-state index in [0.717, 1.165) is 10.2 Å². The normalized spacial score (nSPS) is 15.0. The highest BCUT2D eigenvalue weighted by Gasteiger charge is 2.28. The molecule has 0 saturated carbocycles. The maximum atomic E-state index is 12.4. The number of piperazine rings is 1. The number of nitrogens with zero attached hydrogens (tertiary/aromatic N) is 4. The summed E-state index contributed by atoms with van der Waals surface area (Å²) in [5, 5.41) is 4.48. The predicted molar refractivity (Wildman–Crippen MR) is 91.0 cm³/mol. The van der Waals surface area contributed by atoms with Crippen LogP contribution in [0.5, 0.6) is 0 Å². The van der Waals surface area contributed by atoms with Gasteiger partial charge in [-0.15, -0.1) is 0 Å². The Morgan fingerprint density at radius 1 is 1.19 bits per heavy atom. The summed E-state index contributed by atoms with van der Waals surface area (Å²) < 4.78 is 25.8. The number of hydrogen-bond donors (Lipinski definition) is 0. The fourth-order valence-electron chi connectivity index (χ4n) is 2.74. The number of halogens is 3. The van der Waals surface area contributed by atoms with Gasteiger partial charge in [-0.05, 0) is 23.8 Å². The van der Waals surface area contributed by atoms with Crippen LogP contribution in [0.3, 0.4) is 0 Å². The van der Waals surface area contributed by atoms with Crippen LogP contribution in [0.1, 0.15) is 16.1 Å². The van der Waals surface area contributed by atoms with Gasteiger partial charge in [0, 0.05) is 30.9 Å². The van der Waals surface area contributed by atoms with Crippen molar-refractivity contribution in [1.29, 1.82) is 0 Å². The lowest BCUT2D eigenvalue weighted by Gasteiger charge is -2.34. The molecule has 0 N–H and O–H groups in total. The highest BCUT2D eigenvalue weighted by Crippen LogP contribution is 2.14. The first-order valence-electron chi connectivity index (χ1n) is 8.05. The summed E-state index contributed by atoms with van der Waals surface area (Å²) >= 11 is 5.85. The quantitative estimate of drug-likeness (QED) is 0.797. The molecule has 2 aromatic rings. The van der Waals surface area contributed by atoms with E-state index in [1.165, 1.54) is 17.2 Å². The average molecular weight is 383 g/mol. The van der Waals surface area contributed by atoms with Crippen LogP contribution in [-0.4, -0.2) is 57.5 Å². The van der Waals surface area contributed by atoms with Gasteiger partial charge < -0.3 is 9.80 Å². The smallest absolute Gasteiger partial charge is 0.274 e. The Kier molecular flexibility index (Phi) is 5.51. The Bertz CT molecular complexity index is 794. The fourth-order valence-corrected chi connectivity index (χ4v) is 2.87. The first-order chi connectivity index (χ1) is 12.4. The fraction of sp³-hybridized carbons (Fsp3) is 0.353. The summed E-state index contributed by atoms with van der Waals surface area (Å²) in [4.78, 5) is 27.8. The van der Waals surface area contributed by atoms with Crippen LogP contribution in [0, 0.1) is 0 Å². The number of amides is 2. The lowest BCUT2D eigenvalue weighted by atomic mass is 10.2. The van der Waals surface area contributed by atoms with Gasteiger partial charge in [0.1, 0.15) is 18.8 Å². The molecular formula is C17H17ClF2N4O2. The third kappa shape index (κ3) is 4.37. The van der Waals surface area contributed by atoms with Crippen LogP contribution in [-0.2, 0) is 17.9 Å². The van der Waals surface area contributed by atoms with Crippen LogP contribution in [0.2, 0.25) is 5.02 Å². The van der Waals surface area contributed by atoms with E-state index in [2.05, 4.69) is 5.10 Å². The SMILES string of the molecule is O=C1CN(C(=O)c2ccn(CC(F)F)n2)CCN1Cc1ccc(Cl)cc1. The van der Waals surface area contributed by atoms with E-state index in [4.69, 9.17) is 11.6 Å². The maximum Gasteiger partial charge on any atom is 0.274 e. The largest absolute Gasteiger partial charge is 0.335 e. The minimum absolute atomic E-state index is 0.0598. The zero-order valence-electron chi connectivity index (χ0n) is 13.8. The third-order valence-corrected chi connectivity index (χ3v) is 4.33. The summed E-state index contributed by atoms with van der Waals surface area (Å²) in [6, 6.07) is 8.61. The van der Waals surface area contributed by atoms with Crippen molar-refractivity contribution in [1.82, 2.24) is 19.6 Å². The first kappa shape index (κ1) is 18.3. The van der Waals surface area contributed by atoms with E-state index < -0.39 is 18.9 Å². The van der Waals surface area contributed by atoms with Crippen LogP contribution in [0.15, 0.2) is 36.5 Å². The number of benzene rings is 1. The molecule has 1 saturated heterocycles. The summed E-state index contributed by atoms with van der Waals surface area (Å²) in [5.41, 5.74) is 1.01. The maximum absolute atomic E-state index is 12.4. The molecule has 1 fully saturated rings. The average Bonchev–Trinajstić information content (AvgIpc) is 3.05. The van der Waals surface area contributed by atoms with Gasteiger partial charge in [-0.25, -0.2) is 8.78 Å². The molecule has 1 aromatic carbocycles. The molecule has 26 heavy (non-hydrogen) atoms. The highest BCUT2D eigenvalue weighted by molar-refractivity contribution is 6.30. The number of aromatic nitrogens is 2. The van der Waals surface area contributed by atoms with E-state index in [0.29, 0.717) is 24.7 Å².